The van der Waals surface area contributed by atoms with Crippen LogP contribution in [0, 0.1) is 11.5 Å². The molecule has 0 saturated carbocycles. The van der Waals surface area contributed by atoms with Crippen molar-refractivity contribution in [3.8, 4) is 6.19 Å². The minimum Gasteiger partial charge on any atom is -0.369 e. The molecule has 5 heteroatoms. The third-order valence-corrected chi connectivity index (χ3v) is 3.05. The second-order valence-electron chi connectivity index (χ2n) is 5.06. The Bertz CT molecular complexity index is 414. The maximum absolute atomic E-state index is 8.18. The molecular weight excluding hydrogens is 274 g/mol. The molecule has 1 rings (SSSR count). The second-order valence-corrected chi connectivity index (χ2v) is 5.06. The molecule has 0 amide bonds. The van der Waals surface area contributed by atoms with Crippen LogP contribution in [0.3, 0.4) is 0 Å². The van der Waals surface area contributed by atoms with Crippen LogP contribution in [-0.2, 0) is 0 Å². The quantitative estimate of drug-likeness (QED) is 0.247. The van der Waals surface area contributed by atoms with E-state index >= 15 is 0 Å². The highest BCUT2D eigenvalue weighted by atomic mass is 15.1. The first-order chi connectivity index (χ1) is 10.7. The Morgan fingerprint density at radius 3 is 2.05 bits per heavy atom. The molecule has 122 valence electrons. The van der Waals surface area contributed by atoms with Crippen molar-refractivity contribution in [3.63, 3.8) is 0 Å². The van der Waals surface area contributed by atoms with Crippen molar-refractivity contribution >= 4 is 11.6 Å². The SMILES string of the molecule is CCCCCCCCCC.N#CNC(N)=Nc1ccncc1. The Kier molecular flexibility index (Phi) is 13.8. The summed E-state index contributed by atoms with van der Waals surface area (Å²) >= 11 is 0. The van der Waals surface area contributed by atoms with Gasteiger partial charge in [-0.1, -0.05) is 65.2 Å². The molecule has 1 aromatic rings. The highest BCUT2D eigenvalue weighted by Gasteiger charge is 1.89. The van der Waals surface area contributed by atoms with Gasteiger partial charge in [-0.3, -0.25) is 10.3 Å². The average molecular weight is 303 g/mol. The Morgan fingerprint density at radius 1 is 1.09 bits per heavy atom. The van der Waals surface area contributed by atoms with Gasteiger partial charge in [-0.2, -0.15) is 5.26 Å². The molecule has 1 heterocycles. The van der Waals surface area contributed by atoms with E-state index in [-0.39, 0.29) is 5.96 Å². The fraction of sp³-hybridized carbons (Fsp3) is 0.588. The second kappa shape index (κ2) is 15.3. The molecule has 5 nitrogen and oxygen atoms in total. The van der Waals surface area contributed by atoms with E-state index in [9.17, 15) is 0 Å². The van der Waals surface area contributed by atoms with Gasteiger partial charge >= 0.3 is 0 Å². The van der Waals surface area contributed by atoms with Crippen LogP contribution < -0.4 is 11.1 Å². The molecule has 0 bridgehead atoms. The van der Waals surface area contributed by atoms with E-state index in [0.29, 0.717) is 5.69 Å². The summed E-state index contributed by atoms with van der Waals surface area (Å²) in [6, 6.07) is 3.37. The molecule has 0 aliphatic carbocycles. The number of hydrogen-bond donors (Lipinski definition) is 2. The van der Waals surface area contributed by atoms with Crippen LogP contribution in [0.2, 0.25) is 0 Å². The van der Waals surface area contributed by atoms with Gasteiger partial charge in [-0.15, -0.1) is 0 Å². The summed E-state index contributed by atoms with van der Waals surface area (Å²) in [6.45, 7) is 4.54. The van der Waals surface area contributed by atoms with Crippen molar-refractivity contribution in [3.05, 3.63) is 24.5 Å². The van der Waals surface area contributed by atoms with Gasteiger partial charge in [0.15, 0.2) is 6.19 Å². The minimum absolute atomic E-state index is 0.0729. The maximum atomic E-state index is 8.18. The van der Waals surface area contributed by atoms with Crippen LogP contribution in [0.5, 0.6) is 0 Å². The first kappa shape index (κ1) is 19.9. The summed E-state index contributed by atoms with van der Waals surface area (Å²) in [4.78, 5) is 7.67. The Labute approximate surface area is 134 Å². The predicted octanol–water partition coefficient (Wildman–Crippen LogP) is 4.25. The van der Waals surface area contributed by atoms with Gasteiger partial charge in [0.05, 0.1) is 5.69 Å². The number of pyridine rings is 1. The lowest BCUT2D eigenvalue weighted by atomic mass is 10.1. The summed E-state index contributed by atoms with van der Waals surface area (Å²) in [5.74, 6) is 0.0729. The first-order valence-corrected chi connectivity index (χ1v) is 8.13. The highest BCUT2D eigenvalue weighted by molar-refractivity contribution is 5.81. The summed E-state index contributed by atoms with van der Waals surface area (Å²) in [5, 5.41) is 10.4. The maximum Gasteiger partial charge on any atom is 0.207 e. The van der Waals surface area contributed by atoms with Gasteiger partial charge < -0.3 is 5.73 Å². The number of hydrogen-bond acceptors (Lipinski definition) is 3. The molecule has 0 aliphatic heterocycles. The molecule has 0 fully saturated rings. The van der Waals surface area contributed by atoms with Crippen molar-refractivity contribution in [2.24, 2.45) is 10.7 Å². The summed E-state index contributed by atoms with van der Waals surface area (Å²) < 4.78 is 0. The monoisotopic (exact) mass is 303 g/mol. The van der Waals surface area contributed by atoms with Crippen LogP contribution in [0.1, 0.15) is 65.2 Å². The van der Waals surface area contributed by atoms with Crippen LogP contribution in [0.15, 0.2) is 29.5 Å². The molecule has 0 saturated heterocycles. The van der Waals surface area contributed by atoms with Gasteiger partial charge in [0.25, 0.3) is 0 Å². The lowest BCUT2D eigenvalue weighted by molar-refractivity contribution is 0.585. The van der Waals surface area contributed by atoms with Crippen molar-refractivity contribution in [1.82, 2.24) is 10.3 Å². The largest absolute Gasteiger partial charge is 0.369 e. The van der Waals surface area contributed by atoms with E-state index in [1.807, 2.05) is 0 Å². The fourth-order valence-corrected chi connectivity index (χ4v) is 1.85. The van der Waals surface area contributed by atoms with E-state index in [4.69, 9.17) is 11.0 Å². The number of aromatic nitrogens is 1. The van der Waals surface area contributed by atoms with Gasteiger partial charge in [-0.05, 0) is 12.1 Å². The average Bonchev–Trinajstić information content (AvgIpc) is 2.53. The number of nitrogens with one attached hydrogen (secondary N) is 1. The molecule has 22 heavy (non-hydrogen) atoms. The Balaban J connectivity index is 0.000000409. The van der Waals surface area contributed by atoms with E-state index in [2.05, 4.69) is 29.1 Å². The van der Waals surface area contributed by atoms with Crippen molar-refractivity contribution in [1.29, 1.82) is 5.26 Å². The van der Waals surface area contributed by atoms with Crippen LogP contribution in [0.4, 0.5) is 5.69 Å². The summed E-state index contributed by atoms with van der Waals surface area (Å²) in [5.41, 5.74) is 5.97. The van der Waals surface area contributed by atoms with Crippen molar-refractivity contribution in [2.45, 2.75) is 65.2 Å². The number of nitriles is 1. The topological polar surface area (TPSA) is 87.1 Å². The summed E-state index contributed by atoms with van der Waals surface area (Å²) in [7, 11) is 0. The zero-order valence-electron chi connectivity index (χ0n) is 13.9. The third-order valence-electron chi connectivity index (χ3n) is 3.05. The number of unbranched alkanes of at least 4 members (excludes halogenated alkanes) is 7. The Morgan fingerprint density at radius 2 is 1.59 bits per heavy atom. The molecule has 0 aromatic carbocycles. The number of guanidine groups is 1. The molecular formula is C17H29N5. The normalized spacial score (nSPS) is 10.3. The van der Waals surface area contributed by atoms with Gasteiger partial charge in [0, 0.05) is 12.4 Å². The van der Waals surface area contributed by atoms with Gasteiger partial charge in [-0.25, -0.2) is 4.99 Å². The number of nitrogens with two attached hydrogens (primary N) is 1. The first-order valence-electron chi connectivity index (χ1n) is 8.13. The molecule has 0 spiro atoms. The van der Waals surface area contributed by atoms with E-state index in [1.165, 1.54) is 51.4 Å². The highest BCUT2D eigenvalue weighted by Crippen LogP contribution is 2.07. The Hall–Kier alpha value is -2.09. The minimum atomic E-state index is 0.0729. The van der Waals surface area contributed by atoms with E-state index < -0.39 is 0 Å². The lowest BCUT2D eigenvalue weighted by Gasteiger charge is -1.97. The van der Waals surface area contributed by atoms with E-state index in [0.717, 1.165) is 0 Å². The van der Waals surface area contributed by atoms with Crippen LogP contribution >= 0.6 is 0 Å². The zero-order chi connectivity index (χ0) is 16.5. The van der Waals surface area contributed by atoms with Crippen molar-refractivity contribution < 1.29 is 0 Å². The third kappa shape index (κ3) is 12.9. The molecule has 0 unspecified atom stereocenters. The van der Waals surface area contributed by atoms with Gasteiger partial charge in [0.1, 0.15) is 0 Å². The molecule has 0 aliphatic rings. The number of nitrogens with zero attached hydrogens (tertiary/aromatic N) is 3. The number of rotatable bonds is 8. The zero-order valence-corrected chi connectivity index (χ0v) is 13.9. The van der Waals surface area contributed by atoms with Gasteiger partial charge in [0.2, 0.25) is 5.96 Å². The summed E-state index contributed by atoms with van der Waals surface area (Å²) in [6.07, 6.45) is 16.3. The predicted molar refractivity (Wildman–Crippen MR) is 92.6 cm³/mol. The van der Waals surface area contributed by atoms with Crippen molar-refractivity contribution in [2.75, 3.05) is 0 Å². The number of aliphatic imine (C=N–C) groups is 1. The van der Waals surface area contributed by atoms with Crippen LogP contribution in [-0.4, -0.2) is 10.9 Å². The molecule has 0 radical (unpaired) electrons. The standard InChI is InChI=1S/C10H22.C7H7N5/c1-3-5-7-9-10-8-6-4-2;8-5-11-7(9)12-6-1-3-10-4-2-6/h3-10H2,1-2H3;1-4H,(H3,9,10,11,12). The molecule has 3 N–H and O–H groups in total. The fourth-order valence-electron chi connectivity index (χ4n) is 1.85. The molecule has 1 aromatic heterocycles. The van der Waals surface area contributed by atoms with Crippen LogP contribution in [0.25, 0.3) is 0 Å². The lowest BCUT2D eigenvalue weighted by Crippen LogP contribution is -2.26. The van der Waals surface area contributed by atoms with E-state index in [1.54, 1.807) is 30.7 Å². The smallest absolute Gasteiger partial charge is 0.207 e. The molecule has 0 atom stereocenters.